The van der Waals surface area contributed by atoms with Crippen LogP contribution < -0.4 is 16.4 Å². The van der Waals surface area contributed by atoms with Crippen molar-refractivity contribution in [3.63, 3.8) is 0 Å². The van der Waals surface area contributed by atoms with Crippen LogP contribution in [-0.4, -0.2) is 15.0 Å². The number of aryl methyl sites for hydroxylation is 1. The topological polar surface area (TPSA) is 88.8 Å². The van der Waals surface area contributed by atoms with Crippen LogP contribution in [0.1, 0.15) is 11.3 Å². The van der Waals surface area contributed by atoms with E-state index in [0.717, 1.165) is 17.8 Å². The summed E-state index contributed by atoms with van der Waals surface area (Å²) >= 11 is 0. The molecule has 4 N–H and O–H groups in total. The van der Waals surface area contributed by atoms with E-state index >= 15 is 0 Å². The Bertz CT molecular complexity index is 926. The molecule has 0 amide bonds. The molecule has 2 aromatic heterocycles. The average molecular weight is 360 g/mol. The van der Waals surface area contributed by atoms with E-state index in [0.29, 0.717) is 11.6 Å². The summed E-state index contributed by atoms with van der Waals surface area (Å²) in [5.74, 6) is 1.03. The van der Waals surface area contributed by atoms with Gasteiger partial charge in [0.25, 0.3) is 0 Å². The van der Waals surface area contributed by atoms with E-state index in [1.54, 1.807) is 6.07 Å². The molecule has 26 heavy (non-hydrogen) atoms. The highest BCUT2D eigenvalue weighted by molar-refractivity contribution is 5.79. The number of alkyl halides is 3. The Balaban J connectivity index is 1.86. The highest BCUT2D eigenvalue weighted by Gasteiger charge is 2.30. The lowest BCUT2D eigenvalue weighted by molar-refractivity contribution is -0.137. The predicted molar refractivity (Wildman–Crippen MR) is 93.4 cm³/mol. The lowest BCUT2D eigenvalue weighted by atomic mass is 10.2. The summed E-state index contributed by atoms with van der Waals surface area (Å²) in [6, 6.07) is 10.2. The van der Waals surface area contributed by atoms with Crippen LogP contribution in [0.3, 0.4) is 0 Å². The van der Waals surface area contributed by atoms with Crippen molar-refractivity contribution >= 4 is 28.8 Å². The molecule has 0 radical (unpaired) electrons. The zero-order chi connectivity index (χ0) is 18.7. The van der Waals surface area contributed by atoms with E-state index in [1.165, 1.54) is 18.5 Å². The van der Waals surface area contributed by atoms with E-state index < -0.39 is 11.7 Å². The van der Waals surface area contributed by atoms with Gasteiger partial charge in [0.2, 0.25) is 0 Å². The van der Waals surface area contributed by atoms with Gasteiger partial charge in [0.1, 0.15) is 17.8 Å². The molecule has 3 aromatic rings. The summed E-state index contributed by atoms with van der Waals surface area (Å²) in [7, 11) is 0. The first kappa shape index (κ1) is 17.5. The van der Waals surface area contributed by atoms with Crippen LogP contribution in [0.25, 0.3) is 0 Å². The SMILES string of the molecule is Cc1cccc(Nc2ncnc(Nc3cccc(C(F)(F)F)c3)c2N)n1. The minimum absolute atomic E-state index is 0.160. The van der Waals surface area contributed by atoms with Crippen molar-refractivity contribution in [3.8, 4) is 0 Å². The van der Waals surface area contributed by atoms with Gasteiger partial charge in [-0.1, -0.05) is 12.1 Å². The highest BCUT2D eigenvalue weighted by atomic mass is 19.4. The second kappa shape index (κ2) is 6.87. The molecule has 0 aliphatic carbocycles. The van der Waals surface area contributed by atoms with Crippen LogP contribution in [0.4, 0.5) is 42.0 Å². The summed E-state index contributed by atoms with van der Waals surface area (Å²) in [5, 5.41) is 5.75. The van der Waals surface area contributed by atoms with Crippen molar-refractivity contribution < 1.29 is 13.2 Å². The molecule has 0 fully saturated rings. The number of halogens is 3. The Morgan fingerprint density at radius 2 is 1.65 bits per heavy atom. The molecule has 0 saturated carbocycles. The second-order valence-corrected chi connectivity index (χ2v) is 5.48. The van der Waals surface area contributed by atoms with Gasteiger partial charge in [-0.25, -0.2) is 15.0 Å². The van der Waals surface area contributed by atoms with Crippen molar-refractivity contribution in [1.82, 2.24) is 15.0 Å². The molecule has 1 aromatic carbocycles. The number of nitrogens with one attached hydrogen (secondary N) is 2. The number of hydrogen-bond acceptors (Lipinski definition) is 6. The quantitative estimate of drug-likeness (QED) is 0.644. The van der Waals surface area contributed by atoms with Gasteiger partial charge < -0.3 is 16.4 Å². The standard InChI is InChI=1S/C17H15F3N6/c1-10-4-2-7-13(24-10)26-16-14(21)15(22-9-23-16)25-12-6-3-5-11(8-12)17(18,19)20/h2-9H,21H2,1H3,(H2,22,23,24,25,26). The van der Waals surface area contributed by atoms with Gasteiger partial charge in [-0.15, -0.1) is 0 Å². The summed E-state index contributed by atoms with van der Waals surface area (Å²) in [6.45, 7) is 1.84. The molecule has 0 aliphatic rings. The van der Waals surface area contributed by atoms with E-state index in [9.17, 15) is 13.2 Å². The fraction of sp³-hybridized carbons (Fsp3) is 0.118. The second-order valence-electron chi connectivity index (χ2n) is 5.48. The first-order valence-electron chi connectivity index (χ1n) is 7.58. The smallest absolute Gasteiger partial charge is 0.393 e. The van der Waals surface area contributed by atoms with Crippen molar-refractivity contribution in [2.24, 2.45) is 0 Å². The number of nitrogens with two attached hydrogens (primary N) is 1. The Morgan fingerprint density at radius 1 is 0.962 bits per heavy atom. The molecule has 9 heteroatoms. The van der Waals surface area contributed by atoms with Crippen molar-refractivity contribution in [3.05, 3.63) is 60.0 Å². The minimum Gasteiger partial charge on any atom is -0.393 e. The molecule has 0 atom stereocenters. The number of benzene rings is 1. The van der Waals surface area contributed by atoms with Gasteiger partial charge in [-0.3, -0.25) is 0 Å². The minimum atomic E-state index is -4.43. The first-order valence-corrected chi connectivity index (χ1v) is 7.58. The van der Waals surface area contributed by atoms with Crippen LogP contribution in [0.15, 0.2) is 48.8 Å². The molecule has 2 heterocycles. The summed E-state index contributed by atoms with van der Waals surface area (Å²) in [5.41, 5.74) is 6.46. The number of anilines is 5. The van der Waals surface area contributed by atoms with Gasteiger partial charge in [-0.2, -0.15) is 13.2 Å². The van der Waals surface area contributed by atoms with Crippen LogP contribution in [-0.2, 0) is 6.18 Å². The molecule has 0 unspecified atom stereocenters. The molecule has 6 nitrogen and oxygen atoms in total. The van der Waals surface area contributed by atoms with E-state index in [2.05, 4.69) is 25.6 Å². The fourth-order valence-electron chi connectivity index (χ4n) is 2.24. The van der Waals surface area contributed by atoms with Crippen molar-refractivity contribution in [2.45, 2.75) is 13.1 Å². The third-order valence-electron chi connectivity index (χ3n) is 3.47. The van der Waals surface area contributed by atoms with Crippen LogP contribution in [0, 0.1) is 6.92 Å². The summed E-state index contributed by atoms with van der Waals surface area (Å²) in [6.07, 6.45) is -3.18. The number of rotatable bonds is 4. The summed E-state index contributed by atoms with van der Waals surface area (Å²) < 4.78 is 38.5. The van der Waals surface area contributed by atoms with Crippen LogP contribution in [0.2, 0.25) is 0 Å². The highest BCUT2D eigenvalue weighted by Crippen LogP contribution is 2.32. The molecule has 0 aliphatic heterocycles. The first-order chi connectivity index (χ1) is 12.3. The normalized spacial score (nSPS) is 11.2. The largest absolute Gasteiger partial charge is 0.416 e. The fourth-order valence-corrected chi connectivity index (χ4v) is 2.24. The third kappa shape index (κ3) is 4.00. The molecule has 0 saturated heterocycles. The number of nitrogen functional groups attached to an aromatic ring is 1. The number of hydrogen-bond donors (Lipinski definition) is 3. The van der Waals surface area contributed by atoms with Crippen LogP contribution >= 0.6 is 0 Å². The molecular weight excluding hydrogens is 345 g/mol. The van der Waals surface area contributed by atoms with Crippen LogP contribution in [0.5, 0.6) is 0 Å². The Hall–Kier alpha value is -3.36. The molecule has 0 spiro atoms. The van der Waals surface area contributed by atoms with Gasteiger partial charge in [-0.05, 0) is 37.3 Å². The predicted octanol–water partition coefficient (Wildman–Crippen LogP) is 4.27. The zero-order valence-electron chi connectivity index (χ0n) is 13.7. The molecule has 3 rings (SSSR count). The van der Waals surface area contributed by atoms with Crippen molar-refractivity contribution in [2.75, 3.05) is 16.4 Å². The maximum Gasteiger partial charge on any atom is 0.416 e. The molecular formula is C17H15F3N6. The molecule has 0 bridgehead atoms. The number of nitrogens with zero attached hydrogens (tertiary/aromatic N) is 3. The zero-order valence-corrected chi connectivity index (χ0v) is 13.7. The number of pyridine rings is 1. The maximum absolute atomic E-state index is 12.8. The van der Waals surface area contributed by atoms with Gasteiger partial charge in [0.05, 0.1) is 5.56 Å². The van der Waals surface area contributed by atoms with Crippen molar-refractivity contribution in [1.29, 1.82) is 0 Å². The van der Waals surface area contributed by atoms with Gasteiger partial charge in [0, 0.05) is 11.4 Å². The number of aromatic nitrogens is 3. The van der Waals surface area contributed by atoms with E-state index in [1.807, 2.05) is 19.1 Å². The average Bonchev–Trinajstić information content (AvgIpc) is 2.58. The Morgan fingerprint density at radius 3 is 2.35 bits per heavy atom. The lowest BCUT2D eigenvalue weighted by Crippen LogP contribution is -2.07. The third-order valence-corrected chi connectivity index (χ3v) is 3.47. The molecule has 134 valence electrons. The monoisotopic (exact) mass is 360 g/mol. The van der Waals surface area contributed by atoms with E-state index in [4.69, 9.17) is 5.73 Å². The maximum atomic E-state index is 12.8. The van der Waals surface area contributed by atoms with Gasteiger partial charge in [0.15, 0.2) is 11.6 Å². The lowest BCUT2D eigenvalue weighted by Gasteiger charge is -2.13. The van der Waals surface area contributed by atoms with Gasteiger partial charge >= 0.3 is 6.18 Å². The Kier molecular flexibility index (Phi) is 4.61. The Labute approximate surface area is 147 Å². The van der Waals surface area contributed by atoms with E-state index in [-0.39, 0.29) is 17.2 Å². The summed E-state index contributed by atoms with van der Waals surface area (Å²) in [4.78, 5) is 12.3.